The first-order valence-corrected chi connectivity index (χ1v) is 5.50. The van der Waals surface area contributed by atoms with Gasteiger partial charge in [0.2, 0.25) is 0 Å². The molecule has 1 heterocycles. The molecule has 0 fully saturated rings. The van der Waals surface area contributed by atoms with E-state index in [0.717, 1.165) is 14.6 Å². The van der Waals surface area contributed by atoms with Crippen molar-refractivity contribution in [3.8, 4) is 0 Å². The highest BCUT2D eigenvalue weighted by molar-refractivity contribution is 9.14. The third-order valence-electron chi connectivity index (χ3n) is 1.66. The van der Waals surface area contributed by atoms with E-state index in [0.29, 0.717) is 0 Å². The second kappa shape index (κ2) is 4.67. The Hall–Kier alpha value is -0.480. The Morgan fingerprint density at radius 3 is 2.85 bits per heavy atom. The van der Waals surface area contributed by atoms with Gasteiger partial charge in [-0.15, -0.1) is 11.3 Å². The van der Waals surface area contributed by atoms with E-state index in [2.05, 4.69) is 21.1 Å². The fourth-order valence-electron chi connectivity index (χ4n) is 1.08. The molecule has 0 N–H and O–H groups in total. The van der Waals surface area contributed by atoms with Gasteiger partial charge in [0.15, 0.2) is 0 Å². The molecule has 13 heavy (non-hydrogen) atoms. The zero-order valence-electron chi connectivity index (χ0n) is 7.50. The average molecular weight is 260 g/mol. The van der Waals surface area contributed by atoms with Crippen LogP contribution in [0, 0.1) is 4.91 Å². The van der Waals surface area contributed by atoms with Crippen molar-refractivity contribution in [1.82, 2.24) is 0 Å². The summed E-state index contributed by atoms with van der Waals surface area (Å²) in [6.07, 6.45) is 2.03. The minimum Gasteiger partial charge on any atom is -0.150 e. The molecule has 0 aliphatic rings. The molecule has 0 atom stereocenters. The van der Waals surface area contributed by atoms with Gasteiger partial charge < -0.3 is 0 Å². The summed E-state index contributed by atoms with van der Waals surface area (Å²) in [5.74, 6) is 0. The number of hydrogen-bond acceptors (Lipinski definition) is 3. The van der Waals surface area contributed by atoms with Gasteiger partial charge in [-0.1, -0.05) is 27.2 Å². The van der Waals surface area contributed by atoms with Gasteiger partial charge in [-0.25, -0.2) is 0 Å². The van der Waals surface area contributed by atoms with Gasteiger partial charge in [0.1, 0.15) is 6.54 Å². The summed E-state index contributed by atoms with van der Waals surface area (Å²) in [6, 6.07) is 2.01. The summed E-state index contributed by atoms with van der Waals surface area (Å²) in [5.41, 5.74) is 0. The Morgan fingerprint density at radius 1 is 1.77 bits per heavy atom. The van der Waals surface area contributed by atoms with Crippen LogP contribution in [-0.4, -0.2) is 0 Å². The molecule has 4 heteroatoms. The second-order valence-electron chi connectivity index (χ2n) is 2.61. The summed E-state index contributed by atoms with van der Waals surface area (Å²) in [7, 11) is 0. The van der Waals surface area contributed by atoms with E-state index >= 15 is 0 Å². The summed E-state index contributed by atoms with van der Waals surface area (Å²) < 4.78 is 2.28. The van der Waals surface area contributed by atoms with Crippen molar-refractivity contribution in [2.75, 3.05) is 0 Å². The van der Waals surface area contributed by atoms with Gasteiger partial charge in [0.25, 0.3) is 0 Å². The summed E-state index contributed by atoms with van der Waals surface area (Å²) >= 11 is 5.04. The molecule has 0 spiro atoms. The van der Waals surface area contributed by atoms with Gasteiger partial charge in [0.05, 0.1) is 0 Å². The van der Waals surface area contributed by atoms with Crippen molar-refractivity contribution in [2.24, 2.45) is 5.18 Å². The highest BCUT2D eigenvalue weighted by Gasteiger charge is 1.98. The maximum absolute atomic E-state index is 10.1. The first kappa shape index (κ1) is 10.6. The largest absolute Gasteiger partial charge is 0.150 e. The molecule has 0 saturated carbocycles. The molecule has 0 radical (unpaired) electrons. The molecule has 0 aliphatic heterocycles. The lowest BCUT2D eigenvalue weighted by atomic mass is 10.3. The fraction of sp³-hybridized carbons (Fsp3) is 0.333. The van der Waals surface area contributed by atoms with Crippen molar-refractivity contribution in [3.63, 3.8) is 0 Å². The van der Waals surface area contributed by atoms with E-state index in [-0.39, 0.29) is 6.54 Å². The molecule has 2 nitrogen and oxygen atoms in total. The molecule has 0 aromatic carbocycles. The third kappa shape index (κ3) is 2.48. The first-order valence-electron chi connectivity index (χ1n) is 3.89. The number of hydrogen-bond donors (Lipinski definition) is 0. The predicted molar refractivity (Wildman–Crippen MR) is 61.2 cm³/mol. The van der Waals surface area contributed by atoms with Crippen LogP contribution >= 0.6 is 27.3 Å². The molecule has 0 saturated heterocycles. The molecule has 0 amide bonds. The summed E-state index contributed by atoms with van der Waals surface area (Å²) in [4.78, 5) is 11.1. The minimum atomic E-state index is 0.270. The van der Waals surface area contributed by atoms with Crippen LogP contribution < -0.4 is 9.75 Å². The van der Waals surface area contributed by atoms with E-state index in [1.165, 1.54) is 4.53 Å². The average Bonchev–Trinajstić information content (AvgIpc) is 2.48. The van der Waals surface area contributed by atoms with E-state index in [9.17, 15) is 4.91 Å². The Bertz CT molecular complexity index is 417. The molecule has 1 aromatic heterocycles. The summed E-state index contributed by atoms with van der Waals surface area (Å²) in [6.45, 7) is 4.25. The van der Waals surface area contributed by atoms with Crippen molar-refractivity contribution < 1.29 is 0 Å². The number of nitroso groups, excluding NO2 is 1. The molecule has 0 unspecified atom stereocenters. The lowest BCUT2D eigenvalue weighted by Gasteiger charge is -1.81. The van der Waals surface area contributed by atoms with Crippen LogP contribution in [0.15, 0.2) is 11.2 Å². The van der Waals surface area contributed by atoms with E-state index in [1.54, 1.807) is 11.3 Å². The number of nitrogens with zero attached hydrogens (tertiary/aromatic N) is 1. The topological polar surface area (TPSA) is 29.4 Å². The second-order valence-corrected chi connectivity index (χ2v) is 4.93. The number of thiophene rings is 1. The maximum Gasteiger partial charge on any atom is 0.115 e. The van der Waals surface area contributed by atoms with Crippen LogP contribution in [0.2, 0.25) is 0 Å². The van der Waals surface area contributed by atoms with Gasteiger partial charge in [-0.2, -0.15) is 4.91 Å². The van der Waals surface area contributed by atoms with Crippen LogP contribution in [-0.2, 0) is 6.54 Å². The standard InChI is InChI=1S/C9H10BrNOS/c1-3-7-4-8(5-11-12)13-9(7)6(2)10/h3-4H,5H2,1-2H3. The smallest absolute Gasteiger partial charge is 0.115 e. The van der Waals surface area contributed by atoms with Crippen LogP contribution in [0.3, 0.4) is 0 Å². The number of halogens is 1. The Balaban J connectivity index is 3.38. The zero-order chi connectivity index (χ0) is 9.84. The highest BCUT2D eigenvalue weighted by Crippen LogP contribution is 2.06. The SMILES string of the molecule is CC=c1cc(CN=O)sc1=C(C)Br. The quantitative estimate of drug-likeness (QED) is 0.750. The lowest BCUT2D eigenvalue weighted by Crippen LogP contribution is -2.17. The number of rotatable bonds is 2. The Labute approximate surface area is 89.1 Å². The monoisotopic (exact) mass is 259 g/mol. The van der Waals surface area contributed by atoms with Crippen LogP contribution in [0.1, 0.15) is 18.7 Å². The zero-order valence-corrected chi connectivity index (χ0v) is 9.91. The summed E-state index contributed by atoms with van der Waals surface area (Å²) in [5, 5.41) is 4.04. The Kier molecular flexibility index (Phi) is 3.81. The minimum absolute atomic E-state index is 0.270. The predicted octanol–water partition coefficient (Wildman–Crippen LogP) is 2.34. The molecular formula is C9H10BrNOS. The third-order valence-corrected chi connectivity index (χ3v) is 3.57. The first-order chi connectivity index (χ1) is 6.19. The fourth-order valence-corrected chi connectivity index (χ4v) is 2.56. The van der Waals surface area contributed by atoms with E-state index < -0.39 is 0 Å². The van der Waals surface area contributed by atoms with Gasteiger partial charge in [0, 0.05) is 13.9 Å². The maximum atomic E-state index is 10.1. The van der Waals surface area contributed by atoms with Crippen LogP contribution in [0.5, 0.6) is 0 Å². The molecule has 1 rings (SSSR count). The molecular weight excluding hydrogens is 250 g/mol. The van der Waals surface area contributed by atoms with Crippen LogP contribution in [0.25, 0.3) is 10.6 Å². The molecule has 0 aliphatic carbocycles. The van der Waals surface area contributed by atoms with Gasteiger partial charge in [-0.05, 0) is 25.1 Å². The molecule has 1 aromatic rings. The van der Waals surface area contributed by atoms with Gasteiger partial charge >= 0.3 is 0 Å². The van der Waals surface area contributed by atoms with Crippen molar-refractivity contribution in [2.45, 2.75) is 20.4 Å². The van der Waals surface area contributed by atoms with Crippen LogP contribution in [0.4, 0.5) is 0 Å². The van der Waals surface area contributed by atoms with Crippen molar-refractivity contribution >= 4 is 37.8 Å². The lowest BCUT2D eigenvalue weighted by molar-refractivity contribution is 1.09. The van der Waals surface area contributed by atoms with Gasteiger partial charge in [-0.3, -0.25) is 0 Å². The van der Waals surface area contributed by atoms with E-state index in [1.807, 2.05) is 26.0 Å². The molecule has 0 bridgehead atoms. The van der Waals surface area contributed by atoms with E-state index in [4.69, 9.17) is 0 Å². The van der Waals surface area contributed by atoms with Crippen molar-refractivity contribution in [3.05, 3.63) is 25.6 Å². The highest BCUT2D eigenvalue weighted by atomic mass is 79.9. The molecule has 70 valence electrons. The normalized spacial score (nSPS) is 14.5. The van der Waals surface area contributed by atoms with Crippen molar-refractivity contribution in [1.29, 1.82) is 0 Å². The Morgan fingerprint density at radius 2 is 2.46 bits per heavy atom.